The Morgan fingerprint density at radius 2 is 1.96 bits per heavy atom. The molecule has 0 aliphatic carbocycles. The van der Waals surface area contributed by atoms with Crippen molar-refractivity contribution in [1.29, 1.82) is 5.26 Å². The number of halogens is 2. The maximum atomic E-state index is 12.6. The van der Waals surface area contributed by atoms with Crippen LogP contribution in [-0.2, 0) is 10.0 Å². The molecule has 0 bridgehead atoms. The Kier molecular flexibility index (Phi) is 5.70. The lowest BCUT2D eigenvalue weighted by Crippen LogP contribution is -2.14. The highest BCUT2D eigenvalue weighted by atomic mass is 35.5. The molecule has 1 N–H and O–H groups in total. The second kappa shape index (κ2) is 8.02. The molecule has 0 saturated heterocycles. The summed E-state index contributed by atoms with van der Waals surface area (Å²) in [7, 11) is -3.96. The fourth-order valence-electron chi connectivity index (χ4n) is 2.28. The zero-order chi connectivity index (χ0) is 20.3. The lowest BCUT2D eigenvalue weighted by molar-refractivity contribution is 0.461. The van der Waals surface area contributed by atoms with Gasteiger partial charge in [-0.1, -0.05) is 23.2 Å². The van der Waals surface area contributed by atoms with Crippen LogP contribution in [0.3, 0.4) is 0 Å². The molecule has 28 heavy (non-hydrogen) atoms. The summed E-state index contributed by atoms with van der Waals surface area (Å²) in [5.74, 6) is 0.568. The first-order chi connectivity index (χ1) is 13.3. The third-order valence-corrected chi connectivity index (χ3v) is 5.63. The van der Waals surface area contributed by atoms with Crippen LogP contribution in [0.2, 0.25) is 10.3 Å². The summed E-state index contributed by atoms with van der Waals surface area (Å²) in [6.07, 6.45) is 1.51. The van der Waals surface area contributed by atoms with Gasteiger partial charge in [-0.3, -0.25) is 4.72 Å². The van der Waals surface area contributed by atoms with Crippen LogP contribution < -0.4 is 9.46 Å². The number of aryl methyl sites for hydroxylation is 1. The molecule has 10 heteroatoms. The van der Waals surface area contributed by atoms with Crippen LogP contribution in [0, 0.1) is 18.3 Å². The minimum absolute atomic E-state index is 0.0906. The number of benzene rings is 1. The molecule has 2 heterocycles. The van der Waals surface area contributed by atoms with E-state index >= 15 is 0 Å². The van der Waals surface area contributed by atoms with E-state index < -0.39 is 10.0 Å². The number of nitrogens with zero attached hydrogens (tertiary/aromatic N) is 3. The number of nitrogens with one attached hydrogen (secondary N) is 1. The Balaban J connectivity index is 1.86. The lowest BCUT2D eigenvalue weighted by Gasteiger charge is -2.13. The first-order valence-corrected chi connectivity index (χ1v) is 10.0. The molecule has 2 aromatic heterocycles. The molecule has 0 aliphatic heterocycles. The third kappa shape index (κ3) is 4.34. The van der Waals surface area contributed by atoms with E-state index in [0.29, 0.717) is 17.0 Å². The molecular weight excluding hydrogens is 423 g/mol. The van der Waals surface area contributed by atoms with Crippen molar-refractivity contribution >= 4 is 38.9 Å². The van der Waals surface area contributed by atoms with Gasteiger partial charge in [-0.15, -0.1) is 0 Å². The van der Waals surface area contributed by atoms with Crippen molar-refractivity contribution in [2.75, 3.05) is 4.72 Å². The molecule has 0 amide bonds. The van der Waals surface area contributed by atoms with Gasteiger partial charge in [0.1, 0.15) is 27.4 Å². The molecule has 0 unspecified atom stereocenters. The average molecular weight is 435 g/mol. The van der Waals surface area contributed by atoms with E-state index in [2.05, 4.69) is 14.7 Å². The molecule has 0 fully saturated rings. The molecule has 0 radical (unpaired) electrons. The molecule has 3 aromatic rings. The van der Waals surface area contributed by atoms with E-state index in [4.69, 9.17) is 33.2 Å². The summed E-state index contributed by atoms with van der Waals surface area (Å²) in [6.45, 7) is 1.70. The van der Waals surface area contributed by atoms with Crippen LogP contribution in [0.4, 0.5) is 5.69 Å². The van der Waals surface area contributed by atoms with Crippen LogP contribution in [-0.4, -0.2) is 18.4 Å². The predicted molar refractivity (Wildman–Crippen MR) is 105 cm³/mol. The summed E-state index contributed by atoms with van der Waals surface area (Å²) in [5, 5.41) is 8.97. The number of sulfonamides is 1. The van der Waals surface area contributed by atoms with Crippen molar-refractivity contribution in [2.45, 2.75) is 11.8 Å². The number of nitriles is 1. The summed E-state index contributed by atoms with van der Waals surface area (Å²) in [4.78, 5) is 7.57. The summed E-state index contributed by atoms with van der Waals surface area (Å²) < 4.78 is 33.3. The van der Waals surface area contributed by atoms with Gasteiger partial charge >= 0.3 is 0 Å². The number of ether oxygens (including phenoxy) is 1. The van der Waals surface area contributed by atoms with Gasteiger partial charge in [0.25, 0.3) is 10.0 Å². The van der Waals surface area contributed by atoms with Crippen molar-refractivity contribution in [2.24, 2.45) is 0 Å². The Morgan fingerprint density at radius 1 is 1.18 bits per heavy atom. The fourth-order valence-corrected chi connectivity index (χ4v) is 4.08. The number of aromatic nitrogens is 2. The van der Waals surface area contributed by atoms with Gasteiger partial charge in [-0.25, -0.2) is 18.4 Å². The predicted octanol–water partition coefficient (Wildman–Crippen LogP) is 4.56. The fraction of sp³-hybridized carbons (Fsp3) is 0.0556. The van der Waals surface area contributed by atoms with E-state index in [1.165, 1.54) is 24.4 Å². The molecule has 3 rings (SSSR count). The lowest BCUT2D eigenvalue weighted by atomic mass is 10.2. The van der Waals surface area contributed by atoms with Crippen LogP contribution >= 0.6 is 23.2 Å². The largest absolute Gasteiger partial charge is 0.438 e. The smallest absolute Gasteiger partial charge is 0.264 e. The Labute approximate surface area is 171 Å². The van der Waals surface area contributed by atoms with E-state index in [1.54, 1.807) is 31.2 Å². The molecular formula is C18H12Cl2N4O3S. The number of rotatable bonds is 5. The number of pyridine rings is 2. The monoisotopic (exact) mass is 434 g/mol. The molecule has 0 saturated carbocycles. The Morgan fingerprint density at radius 3 is 2.64 bits per heavy atom. The number of hydrogen-bond donors (Lipinski definition) is 1. The van der Waals surface area contributed by atoms with E-state index in [1.807, 2.05) is 6.07 Å². The number of anilines is 1. The van der Waals surface area contributed by atoms with Gasteiger partial charge < -0.3 is 4.74 Å². The first kappa shape index (κ1) is 19.9. The standard InChI is InChI=1S/C18H12Cl2N4O3S/c1-11-9-13(27-18-12(10-21)3-2-8-22-18)4-5-14(11)24-28(25,26)15-6-7-16(19)23-17(15)20/h2-9,24H,1H3. The van der Waals surface area contributed by atoms with E-state index in [-0.39, 0.29) is 26.6 Å². The topological polar surface area (TPSA) is 105 Å². The van der Waals surface area contributed by atoms with E-state index in [9.17, 15) is 8.42 Å². The summed E-state index contributed by atoms with van der Waals surface area (Å²) in [5.41, 5.74) is 1.21. The van der Waals surface area contributed by atoms with Gasteiger partial charge in [-0.05, 0) is 55.0 Å². The maximum absolute atomic E-state index is 12.6. The molecule has 142 valence electrons. The van der Waals surface area contributed by atoms with Crippen LogP contribution in [0.5, 0.6) is 11.6 Å². The Hall–Kier alpha value is -2.86. The molecule has 1 aromatic carbocycles. The van der Waals surface area contributed by atoms with Gasteiger partial charge in [0.2, 0.25) is 5.88 Å². The highest BCUT2D eigenvalue weighted by Gasteiger charge is 2.20. The highest BCUT2D eigenvalue weighted by molar-refractivity contribution is 7.92. The quantitative estimate of drug-likeness (QED) is 0.590. The number of hydrogen-bond acceptors (Lipinski definition) is 6. The third-order valence-electron chi connectivity index (χ3n) is 3.62. The zero-order valence-corrected chi connectivity index (χ0v) is 16.7. The average Bonchev–Trinajstić information content (AvgIpc) is 2.64. The minimum Gasteiger partial charge on any atom is -0.438 e. The van der Waals surface area contributed by atoms with Gasteiger partial charge in [-0.2, -0.15) is 5.26 Å². The van der Waals surface area contributed by atoms with Gasteiger partial charge in [0, 0.05) is 6.20 Å². The first-order valence-electron chi connectivity index (χ1n) is 7.78. The normalized spacial score (nSPS) is 10.9. The van der Waals surface area contributed by atoms with Gasteiger partial charge in [0.15, 0.2) is 5.15 Å². The van der Waals surface area contributed by atoms with Crippen molar-refractivity contribution in [1.82, 2.24) is 9.97 Å². The van der Waals surface area contributed by atoms with E-state index in [0.717, 1.165) is 0 Å². The molecule has 0 aliphatic rings. The van der Waals surface area contributed by atoms with Crippen molar-refractivity contribution in [3.63, 3.8) is 0 Å². The Bertz CT molecular complexity index is 1190. The van der Waals surface area contributed by atoms with Crippen molar-refractivity contribution in [3.05, 3.63) is 70.1 Å². The van der Waals surface area contributed by atoms with Crippen molar-refractivity contribution < 1.29 is 13.2 Å². The van der Waals surface area contributed by atoms with Crippen LogP contribution in [0.15, 0.2) is 53.6 Å². The molecule has 7 nitrogen and oxygen atoms in total. The molecule has 0 spiro atoms. The molecule has 0 atom stereocenters. The summed E-state index contributed by atoms with van der Waals surface area (Å²) >= 11 is 11.6. The maximum Gasteiger partial charge on any atom is 0.264 e. The van der Waals surface area contributed by atoms with Gasteiger partial charge in [0.05, 0.1) is 5.69 Å². The van der Waals surface area contributed by atoms with Crippen LogP contribution in [0.1, 0.15) is 11.1 Å². The minimum atomic E-state index is -3.96. The zero-order valence-electron chi connectivity index (χ0n) is 14.3. The van der Waals surface area contributed by atoms with Crippen LogP contribution in [0.25, 0.3) is 0 Å². The SMILES string of the molecule is Cc1cc(Oc2ncccc2C#N)ccc1NS(=O)(=O)c1ccc(Cl)nc1Cl. The van der Waals surface area contributed by atoms with Crippen molar-refractivity contribution in [3.8, 4) is 17.7 Å². The summed E-state index contributed by atoms with van der Waals surface area (Å²) in [6, 6.07) is 12.5. The highest BCUT2D eigenvalue weighted by Crippen LogP contribution is 2.29. The second-order valence-electron chi connectivity index (χ2n) is 5.58. The second-order valence-corrected chi connectivity index (χ2v) is 7.97.